The van der Waals surface area contributed by atoms with Crippen LogP contribution < -0.4 is 11.1 Å². The molecule has 3 heteroatoms. The van der Waals surface area contributed by atoms with Crippen LogP contribution >= 0.6 is 0 Å². The third-order valence-corrected chi connectivity index (χ3v) is 11.3. The first kappa shape index (κ1) is 33.9. The number of hydrogen-bond donors (Lipinski definition) is 3. The van der Waals surface area contributed by atoms with Gasteiger partial charge in [-0.25, -0.2) is 0 Å². The Kier molecular flexibility index (Phi) is 11.0. The summed E-state index contributed by atoms with van der Waals surface area (Å²) in [6.07, 6.45) is 48.4. The number of nitrogens with one attached hydrogen (secondary N) is 2. The summed E-state index contributed by atoms with van der Waals surface area (Å²) in [6, 6.07) is 0.359. The van der Waals surface area contributed by atoms with Crippen LogP contribution in [0.1, 0.15) is 77.6 Å². The van der Waals surface area contributed by atoms with Crippen molar-refractivity contribution in [2.24, 2.45) is 28.9 Å². The van der Waals surface area contributed by atoms with E-state index in [0.29, 0.717) is 23.8 Å². The molecule has 0 amide bonds. The van der Waals surface area contributed by atoms with Crippen molar-refractivity contribution in [1.29, 1.82) is 5.41 Å². The first-order chi connectivity index (χ1) is 23.4. The maximum Gasteiger partial charge on any atom is 0.0513 e. The van der Waals surface area contributed by atoms with E-state index < -0.39 is 0 Å². The predicted molar refractivity (Wildman–Crippen MR) is 206 cm³/mol. The Labute approximate surface area is 289 Å². The Bertz CT molecular complexity index is 1640. The van der Waals surface area contributed by atoms with Crippen molar-refractivity contribution in [3.63, 3.8) is 0 Å². The van der Waals surface area contributed by atoms with Crippen molar-refractivity contribution >= 4 is 6.21 Å². The Balaban J connectivity index is 1.24. The van der Waals surface area contributed by atoms with E-state index in [1.807, 2.05) is 6.08 Å². The molecule has 3 nitrogen and oxygen atoms in total. The van der Waals surface area contributed by atoms with Gasteiger partial charge in [-0.15, -0.1) is 0 Å². The molecule has 0 spiro atoms. The van der Waals surface area contributed by atoms with E-state index in [9.17, 15) is 0 Å². The van der Waals surface area contributed by atoms with Crippen LogP contribution in [0.3, 0.4) is 0 Å². The molecule has 48 heavy (non-hydrogen) atoms. The smallest absolute Gasteiger partial charge is 0.0513 e. The third-order valence-electron chi connectivity index (χ3n) is 11.3. The van der Waals surface area contributed by atoms with Gasteiger partial charge < -0.3 is 16.5 Å². The fourth-order valence-electron chi connectivity index (χ4n) is 8.39. The highest BCUT2D eigenvalue weighted by molar-refractivity contribution is 5.84. The van der Waals surface area contributed by atoms with Gasteiger partial charge in [0, 0.05) is 28.8 Å². The normalized spacial score (nSPS) is 30.0. The maximum atomic E-state index is 7.77. The lowest BCUT2D eigenvalue weighted by Crippen LogP contribution is -2.36. The largest absolute Gasteiger partial charge is 0.378 e. The first-order valence-electron chi connectivity index (χ1n) is 18.4. The lowest BCUT2D eigenvalue weighted by atomic mass is 9.70. The summed E-state index contributed by atoms with van der Waals surface area (Å²) in [5, 5.41) is 11.9. The van der Waals surface area contributed by atoms with E-state index in [2.05, 4.69) is 104 Å². The van der Waals surface area contributed by atoms with Gasteiger partial charge >= 0.3 is 0 Å². The topological polar surface area (TPSA) is 61.9 Å². The monoisotopic (exact) mass is 637 g/mol. The predicted octanol–water partition coefficient (Wildman–Crippen LogP) is 10.6. The Morgan fingerprint density at radius 2 is 1.88 bits per heavy atom. The molecular weight excluding hydrogens is 583 g/mol. The fourth-order valence-corrected chi connectivity index (χ4v) is 8.39. The average molecular weight is 638 g/mol. The second-order valence-electron chi connectivity index (χ2n) is 14.6. The zero-order chi connectivity index (χ0) is 33.5. The van der Waals surface area contributed by atoms with Crippen molar-refractivity contribution in [1.82, 2.24) is 5.32 Å². The van der Waals surface area contributed by atoms with Crippen molar-refractivity contribution < 1.29 is 0 Å². The molecule has 0 aromatic rings. The molecule has 4 unspecified atom stereocenters. The molecule has 4 N–H and O–H groups in total. The molecule has 0 radical (unpaired) electrons. The zero-order valence-corrected chi connectivity index (χ0v) is 29.0. The molecule has 0 saturated heterocycles. The fraction of sp³-hybridized carbons (Fsp3) is 0.400. The Morgan fingerprint density at radius 3 is 2.60 bits per heavy atom. The lowest BCUT2D eigenvalue weighted by Gasteiger charge is -2.38. The molecular formula is C45H55N3. The molecule has 0 heterocycles. The van der Waals surface area contributed by atoms with Crippen molar-refractivity contribution in [3.05, 3.63) is 155 Å². The molecule has 0 aromatic heterocycles. The first-order valence-corrected chi connectivity index (χ1v) is 18.4. The van der Waals surface area contributed by atoms with Gasteiger partial charge in [0.2, 0.25) is 0 Å². The van der Waals surface area contributed by atoms with Crippen molar-refractivity contribution in [2.45, 2.75) is 83.6 Å². The van der Waals surface area contributed by atoms with Gasteiger partial charge in [0.1, 0.15) is 0 Å². The number of hydrogen-bond acceptors (Lipinski definition) is 3. The summed E-state index contributed by atoms with van der Waals surface area (Å²) in [7, 11) is 0. The van der Waals surface area contributed by atoms with Crippen LogP contribution in [0.25, 0.3) is 0 Å². The third kappa shape index (κ3) is 7.52. The zero-order valence-electron chi connectivity index (χ0n) is 29.0. The minimum atomic E-state index is -0.0861. The van der Waals surface area contributed by atoms with Crippen molar-refractivity contribution in [3.8, 4) is 0 Å². The number of allylic oxidation sites excluding steroid dienone is 20. The number of nitrogens with two attached hydrogens (primary N) is 1. The molecule has 0 aromatic carbocycles. The highest BCUT2D eigenvalue weighted by Gasteiger charge is 2.34. The summed E-state index contributed by atoms with van der Waals surface area (Å²) < 4.78 is 0. The summed E-state index contributed by atoms with van der Waals surface area (Å²) in [5.74, 6) is 1.33. The average Bonchev–Trinajstić information content (AvgIpc) is 3.13. The van der Waals surface area contributed by atoms with E-state index in [4.69, 9.17) is 11.1 Å². The van der Waals surface area contributed by atoms with Crippen molar-refractivity contribution in [2.75, 3.05) is 6.54 Å². The standard InChI is InChI=1S/C45H55N3/c1-4-10-39(31-47)35-20-18-33(19-21-35)34-22-24-37(25-23-34)42-26-27-45(3,40-15-7-14-38(29-40)32(2)11-9-28-46)30-44(42)48-43-17-8-13-36-12-5-6-16-41(36)43/h4,6-7,10,15-16,18,20-22,24-26,29-31,33-34,38,43,47-48H,1-2,5,8-9,11-14,17,19,23,27-28,46H2,3H3/b39-10+,47-31?/t33?,34?,38?,43-,45?/m1/s1. The van der Waals surface area contributed by atoms with Crippen LogP contribution in [-0.4, -0.2) is 18.8 Å². The highest BCUT2D eigenvalue weighted by Crippen LogP contribution is 2.45. The Hall–Kier alpha value is -3.95. The van der Waals surface area contributed by atoms with Gasteiger partial charge in [0.05, 0.1) is 6.04 Å². The molecule has 6 rings (SSSR count). The summed E-state index contributed by atoms with van der Waals surface area (Å²) in [6.45, 7) is 11.4. The highest BCUT2D eigenvalue weighted by atomic mass is 14.9. The molecule has 0 bridgehead atoms. The number of rotatable bonds is 12. The quantitative estimate of drug-likeness (QED) is 0.113. The van der Waals surface area contributed by atoms with E-state index in [0.717, 1.165) is 56.2 Å². The van der Waals surface area contributed by atoms with Gasteiger partial charge in [-0.05, 0) is 117 Å². The minimum absolute atomic E-state index is 0.0861. The maximum absolute atomic E-state index is 7.77. The molecule has 0 fully saturated rings. The van der Waals surface area contributed by atoms with Gasteiger partial charge in [-0.3, -0.25) is 0 Å². The lowest BCUT2D eigenvalue weighted by molar-refractivity contribution is 0.473. The second-order valence-corrected chi connectivity index (χ2v) is 14.6. The molecule has 5 atom stereocenters. The summed E-state index contributed by atoms with van der Waals surface area (Å²) >= 11 is 0. The molecule has 250 valence electrons. The SMILES string of the molecule is C=C/C=C(\C=N)C1=CCC(C2C=CC(C3=CCC(C)(C4=CC(C(=C)CCCN)CC=C4)C=C3N[C@@H]3CCCC4=C3C=CCC4)=CC2)C=C1. The molecule has 0 aliphatic heterocycles. The van der Waals surface area contributed by atoms with Gasteiger partial charge in [-0.2, -0.15) is 0 Å². The van der Waals surface area contributed by atoms with Crippen LogP contribution in [0.15, 0.2) is 155 Å². The van der Waals surface area contributed by atoms with Crippen LogP contribution in [0, 0.1) is 28.6 Å². The van der Waals surface area contributed by atoms with E-state index >= 15 is 0 Å². The van der Waals surface area contributed by atoms with Crippen LogP contribution in [0.2, 0.25) is 0 Å². The van der Waals surface area contributed by atoms with E-state index in [1.54, 1.807) is 11.6 Å². The summed E-state index contributed by atoms with van der Waals surface area (Å²) in [4.78, 5) is 0. The summed E-state index contributed by atoms with van der Waals surface area (Å²) in [5.41, 5.74) is 17.7. The van der Waals surface area contributed by atoms with Gasteiger partial charge in [-0.1, -0.05) is 122 Å². The van der Waals surface area contributed by atoms with Crippen LogP contribution in [-0.2, 0) is 0 Å². The van der Waals surface area contributed by atoms with E-state index in [1.165, 1.54) is 71.9 Å². The van der Waals surface area contributed by atoms with Crippen LogP contribution in [0.5, 0.6) is 0 Å². The van der Waals surface area contributed by atoms with E-state index in [-0.39, 0.29) is 5.41 Å². The second kappa shape index (κ2) is 15.5. The van der Waals surface area contributed by atoms with Gasteiger partial charge in [0.15, 0.2) is 0 Å². The molecule has 6 aliphatic carbocycles. The Morgan fingerprint density at radius 1 is 1.04 bits per heavy atom. The van der Waals surface area contributed by atoms with Gasteiger partial charge in [0.25, 0.3) is 0 Å². The minimum Gasteiger partial charge on any atom is -0.378 e. The molecule has 0 saturated carbocycles. The van der Waals surface area contributed by atoms with Crippen LogP contribution in [0.4, 0.5) is 0 Å². The molecule has 6 aliphatic rings.